The van der Waals surface area contributed by atoms with E-state index in [1.165, 1.54) is 6.07 Å². The number of carbonyl (C=O) groups is 2. The number of phenolic OH excluding ortho intramolecular Hbond substituents is 1. The first kappa shape index (κ1) is 23.2. The van der Waals surface area contributed by atoms with E-state index in [9.17, 15) is 35.4 Å². The number of ketones is 1. The van der Waals surface area contributed by atoms with Gasteiger partial charge < -0.3 is 31.6 Å². The quantitative estimate of drug-likeness (QED) is 0.408. The van der Waals surface area contributed by atoms with E-state index in [2.05, 4.69) is 4.90 Å². The number of benzene rings is 1. The molecule has 5 aliphatic rings. The fourth-order valence-electron chi connectivity index (χ4n) is 6.85. The van der Waals surface area contributed by atoms with E-state index in [4.69, 9.17) is 5.73 Å². The number of aliphatic hydroxyl groups is 3. The van der Waals surface area contributed by atoms with E-state index in [0.29, 0.717) is 31.1 Å². The number of primary amides is 1. The Morgan fingerprint density at radius 3 is 2.39 bits per heavy atom. The Labute approximate surface area is 207 Å². The second-order valence-corrected chi connectivity index (χ2v) is 10.6. The zero-order valence-corrected chi connectivity index (χ0v) is 19.7. The van der Waals surface area contributed by atoms with Crippen molar-refractivity contribution in [2.45, 2.75) is 43.4 Å². The summed E-state index contributed by atoms with van der Waals surface area (Å²) in [4.78, 5) is 30.5. The number of fused-ring (bicyclic) bond motifs is 3. The molecule has 3 fully saturated rings. The summed E-state index contributed by atoms with van der Waals surface area (Å²) in [6, 6.07) is 4.48. The highest BCUT2D eigenvalue weighted by molar-refractivity contribution is 6.35. The normalized spacial score (nSPS) is 33.3. The summed E-state index contributed by atoms with van der Waals surface area (Å²) in [5, 5.41) is 55.5. The molecule has 0 aromatic heterocycles. The van der Waals surface area contributed by atoms with Gasteiger partial charge in [0.25, 0.3) is 5.91 Å². The van der Waals surface area contributed by atoms with Crippen LogP contribution in [0.25, 0.3) is 11.2 Å². The molecule has 10 nitrogen and oxygen atoms in total. The largest absolute Gasteiger partial charge is 0.804 e. The molecule has 4 aliphatic carbocycles. The van der Waals surface area contributed by atoms with Crippen molar-refractivity contribution in [1.82, 2.24) is 9.80 Å². The number of nitrogens with two attached hydrogens (primary N) is 1. The fourth-order valence-corrected chi connectivity index (χ4v) is 6.85. The minimum absolute atomic E-state index is 0.100. The Kier molecular flexibility index (Phi) is 5.09. The van der Waals surface area contributed by atoms with Gasteiger partial charge in [-0.2, -0.15) is 0 Å². The Balaban J connectivity index is 1.45. The molecule has 1 aromatic rings. The van der Waals surface area contributed by atoms with Crippen molar-refractivity contribution in [3.8, 4) is 5.75 Å². The van der Waals surface area contributed by atoms with Crippen molar-refractivity contribution < 1.29 is 30.0 Å². The molecule has 1 aliphatic heterocycles. The van der Waals surface area contributed by atoms with E-state index >= 15 is 0 Å². The van der Waals surface area contributed by atoms with Gasteiger partial charge in [-0.05, 0) is 43.2 Å². The average molecular weight is 494 g/mol. The Morgan fingerprint density at radius 1 is 1.08 bits per heavy atom. The molecular formula is C26H29N4O6-. The molecule has 0 unspecified atom stereocenters. The number of rotatable bonds is 3. The standard InChI is InChI=1S/C26H29N4O6/c27-23-19(25(28)35)22(33)20(30-8-6-29(7-9-30)14-4-5-14)15-11-13-10-12-2-1-3-16(31)17(12)21(32)18(13)24(34)26(15,23)36/h1-3,13-15,20,31-33,36H,4-11H2,(H2,28,35)/q-1/t13-,15-,20+,26+/m0/s1. The van der Waals surface area contributed by atoms with Gasteiger partial charge >= 0.3 is 0 Å². The molecule has 0 radical (unpaired) electrons. The van der Waals surface area contributed by atoms with Crippen LogP contribution in [0, 0.1) is 11.8 Å². The van der Waals surface area contributed by atoms with Gasteiger partial charge in [0, 0.05) is 43.7 Å². The van der Waals surface area contributed by atoms with Crippen LogP contribution in [0.2, 0.25) is 0 Å². The third-order valence-corrected chi connectivity index (χ3v) is 8.73. The summed E-state index contributed by atoms with van der Waals surface area (Å²) >= 11 is 0. The molecule has 4 atom stereocenters. The van der Waals surface area contributed by atoms with Gasteiger partial charge in [-0.15, -0.1) is 5.71 Å². The second-order valence-electron chi connectivity index (χ2n) is 10.6. The Bertz CT molecular complexity index is 1260. The summed E-state index contributed by atoms with van der Waals surface area (Å²) < 4.78 is 0. The van der Waals surface area contributed by atoms with Crippen LogP contribution in [0.3, 0.4) is 0 Å². The molecule has 6 N–H and O–H groups in total. The monoisotopic (exact) mass is 493 g/mol. The maximum atomic E-state index is 13.9. The van der Waals surface area contributed by atoms with Crippen LogP contribution in [-0.4, -0.2) is 91.5 Å². The van der Waals surface area contributed by atoms with Gasteiger partial charge in [-0.25, -0.2) is 0 Å². The molecule has 1 heterocycles. The number of amides is 1. The van der Waals surface area contributed by atoms with Crippen LogP contribution >= 0.6 is 0 Å². The predicted molar refractivity (Wildman–Crippen MR) is 130 cm³/mol. The van der Waals surface area contributed by atoms with Gasteiger partial charge in [0.15, 0.2) is 5.78 Å². The third kappa shape index (κ3) is 3.11. The number of hydrogen-bond acceptors (Lipinski definition) is 8. The zero-order valence-electron chi connectivity index (χ0n) is 19.7. The van der Waals surface area contributed by atoms with Crippen molar-refractivity contribution in [1.29, 1.82) is 0 Å². The first-order valence-electron chi connectivity index (χ1n) is 12.4. The zero-order chi connectivity index (χ0) is 25.5. The summed E-state index contributed by atoms with van der Waals surface area (Å²) in [5.41, 5.74) is 1.97. The maximum Gasteiger partial charge on any atom is 0.250 e. The van der Waals surface area contributed by atoms with Gasteiger partial charge in [0.2, 0.25) is 0 Å². The van der Waals surface area contributed by atoms with Crippen LogP contribution in [0.1, 0.15) is 30.4 Å². The second kappa shape index (κ2) is 7.89. The van der Waals surface area contributed by atoms with Gasteiger partial charge in [0.05, 0.1) is 17.2 Å². The highest BCUT2D eigenvalue weighted by atomic mass is 16.3. The van der Waals surface area contributed by atoms with E-state index in [1.54, 1.807) is 12.1 Å². The topological polar surface area (TPSA) is 170 Å². The first-order valence-corrected chi connectivity index (χ1v) is 12.4. The first-order chi connectivity index (χ1) is 17.1. The van der Waals surface area contributed by atoms with Gasteiger partial charge in [-0.1, -0.05) is 12.1 Å². The summed E-state index contributed by atoms with van der Waals surface area (Å²) in [5.74, 6) is -4.66. The van der Waals surface area contributed by atoms with Crippen LogP contribution in [-0.2, 0) is 16.0 Å². The number of Topliss-reactive ketones (excluding diaryl/α,β-unsaturated/α-hetero) is 1. The van der Waals surface area contributed by atoms with Crippen molar-refractivity contribution >= 4 is 23.2 Å². The average Bonchev–Trinajstić information content (AvgIpc) is 3.67. The number of hydrogen-bond donors (Lipinski definition) is 5. The van der Waals surface area contributed by atoms with Gasteiger partial charge in [-0.3, -0.25) is 19.4 Å². The number of phenols is 1. The number of nitrogens with zero attached hydrogens (tertiary/aromatic N) is 3. The van der Waals surface area contributed by atoms with E-state index < -0.39 is 58.0 Å². The molecule has 10 heteroatoms. The SMILES string of the molecule is [N-]=C1C(C(N)=O)=C(O)[C@H](N2CCN(C3CC3)CC2)[C@@H]2C[C@@H]3Cc4cccc(O)c4C(O)=C3C(=O)[C@]12O. The predicted octanol–water partition coefficient (Wildman–Crippen LogP) is 0.624. The van der Waals surface area contributed by atoms with Crippen LogP contribution in [0.15, 0.2) is 35.1 Å². The lowest BCUT2D eigenvalue weighted by molar-refractivity contribution is -0.139. The van der Waals surface area contributed by atoms with Gasteiger partial charge in [0.1, 0.15) is 22.9 Å². The molecule has 1 aromatic carbocycles. The molecule has 6 rings (SSSR count). The smallest absolute Gasteiger partial charge is 0.250 e. The minimum Gasteiger partial charge on any atom is -0.804 e. The Morgan fingerprint density at radius 2 is 1.75 bits per heavy atom. The van der Waals surface area contributed by atoms with Crippen LogP contribution in [0.4, 0.5) is 0 Å². The summed E-state index contributed by atoms with van der Waals surface area (Å²) in [6.07, 6.45) is 2.82. The molecule has 190 valence electrons. The van der Waals surface area contributed by atoms with Crippen molar-refractivity contribution in [2.24, 2.45) is 17.6 Å². The lowest BCUT2D eigenvalue weighted by Gasteiger charge is -2.55. The molecule has 1 saturated heterocycles. The molecule has 36 heavy (non-hydrogen) atoms. The highest BCUT2D eigenvalue weighted by Gasteiger charge is 2.61. The number of piperazine rings is 1. The van der Waals surface area contributed by atoms with Crippen molar-refractivity contribution in [2.75, 3.05) is 26.2 Å². The molecule has 2 saturated carbocycles. The lowest BCUT2D eigenvalue weighted by atomic mass is 9.56. The van der Waals surface area contributed by atoms with E-state index in [1.807, 2.05) is 4.90 Å². The lowest BCUT2D eigenvalue weighted by Crippen LogP contribution is -2.68. The summed E-state index contributed by atoms with van der Waals surface area (Å²) in [7, 11) is 0. The molecule has 0 bridgehead atoms. The molecule has 0 spiro atoms. The van der Waals surface area contributed by atoms with E-state index in [-0.39, 0.29) is 23.3 Å². The van der Waals surface area contributed by atoms with Crippen LogP contribution < -0.4 is 5.73 Å². The third-order valence-electron chi connectivity index (χ3n) is 8.73. The van der Waals surface area contributed by atoms with Crippen molar-refractivity contribution in [3.63, 3.8) is 0 Å². The Hall–Kier alpha value is -3.21. The number of carbonyl (C=O) groups excluding carboxylic acids is 2. The van der Waals surface area contributed by atoms with Crippen LogP contribution in [0.5, 0.6) is 5.75 Å². The molecule has 1 amide bonds. The number of aromatic hydroxyl groups is 1. The maximum absolute atomic E-state index is 13.9. The van der Waals surface area contributed by atoms with E-state index in [0.717, 1.165) is 25.9 Å². The highest BCUT2D eigenvalue weighted by Crippen LogP contribution is 2.52. The van der Waals surface area contributed by atoms with Crippen molar-refractivity contribution in [3.05, 3.63) is 51.6 Å². The molecular weight excluding hydrogens is 464 g/mol. The minimum atomic E-state index is -2.56. The fraction of sp³-hybridized carbons (Fsp3) is 0.500. The number of aliphatic hydroxyl groups excluding tert-OH is 2. The summed E-state index contributed by atoms with van der Waals surface area (Å²) in [6.45, 7) is 2.59.